The zero-order chi connectivity index (χ0) is 23.8. The van der Waals surface area contributed by atoms with E-state index < -0.39 is 10.4 Å². The monoisotopic (exact) mass is 474 g/mol. The third-order valence-corrected chi connectivity index (χ3v) is 6.68. The standard InChI is InChI=1S/C27H54O4S/c1-3-5-7-9-11-13-15-17-19-21-23-25-27(26-31-32(28,29)30)24-22-20-18-16-14-12-10-8-6-4-2/h22,24,27H,3-21,23,25-26H2,1-2H3,(H,28,29,30)/b24-22+. The lowest BCUT2D eigenvalue weighted by molar-refractivity contribution is 0.234. The quantitative estimate of drug-likeness (QED) is 0.0813. The Kier molecular flexibility index (Phi) is 23.5. The van der Waals surface area contributed by atoms with Crippen LogP contribution in [-0.2, 0) is 14.6 Å². The summed E-state index contributed by atoms with van der Waals surface area (Å²) in [6.45, 7) is 4.55. The highest BCUT2D eigenvalue weighted by Crippen LogP contribution is 2.17. The number of hydrogen-bond donors (Lipinski definition) is 1. The molecule has 0 aromatic rings. The van der Waals surface area contributed by atoms with E-state index in [4.69, 9.17) is 4.55 Å². The van der Waals surface area contributed by atoms with Gasteiger partial charge >= 0.3 is 10.4 Å². The van der Waals surface area contributed by atoms with Crippen LogP contribution in [0.2, 0.25) is 0 Å². The Morgan fingerprint density at radius 1 is 0.656 bits per heavy atom. The molecule has 0 saturated heterocycles. The van der Waals surface area contributed by atoms with Crippen molar-refractivity contribution in [3.05, 3.63) is 12.2 Å². The third kappa shape index (κ3) is 25.9. The molecule has 5 heteroatoms. The van der Waals surface area contributed by atoms with Crippen LogP contribution in [0, 0.1) is 5.92 Å². The summed E-state index contributed by atoms with van der Waals surface area (Å²) >= 11 is 0. The summed E-state index contributed by atoms with van der Waals surface area (Å²) in [5.41, 5.74) is 0. The maximum absolute atomic E-state index is 10.9. The van der Waals surface area contributed by atoms with Crippen LogP contribution in [-0.4, -0.2) is 19.6 Å². The van der Waals surface area contributed by atoms with Crippen molar-refractivity contribution >= 4 is 10.4 Å². The van der Waals surface area contributed by atoms with E-state index in [0.717, 1.165) is 19.3 Å². The molecule has 0 amide bonds. The van der Waals surface area contributed by atoms with Gasteiger partial charge < -0.3 is 0 Å². The van der Waals surface area contributed by atoms with Gasteiger partial charge in [0.1, 0.15) is 0 Å². The molecule has 1 atom stereocenters. The number of allylic oxidation sites excluding steroid dienone is 1. The van der Waals surface area contributed by atoms with Crippen LogP contribution in [0.15, 0.2) is 12.2 Å². The van der Waals surface area contributed by atoms with Gasteiger partial charge in [0.25, 0.3) is 0 Å². The summed E-state index contributed by atoms with van der Waals surface area (Å²) in [5.74, 6) is 0.0598. The topological polar surface area (TPSA) is 63.6 Å². The molecule has 4 nitrogen and oxygen atoms in total. The van der Waals surface area contributed by atoms with Gasteiger partial charge in [-0.2, -0.15) is 8.42 Å². The van der Waals surface area contributed by atoms with Crippen LogP contribution in [0.3, 0.4) is 0 Å². The Balaban J connectivity index is 3.88. The highest BCUT2D eigenvalue weighted by molar-refractivity contribution is 7.80. The van der Waals surface area contributed by atoms with Crippen molar-refractivity contribution in [2.75, 3.05) is 6.61 Å². The van der Waals surface area contributed by atoms with E-state index >= 15 is 0 Å². The van der Waals surface area contributed by atoms with Crippen LogP contribution >= 0.6 is 0 Å². The van der Waals surface area contributed by atoms with Crippen molar-refractivity contribution in [1.29, 1.82) is 0 Å². The number of hydrogen-bond acceptors (Lipinski definition) is 3. The lowest BCUT2D eigenvalue weighted by atomic mass is 9.99. The Morgan fingerprint density at radius 2 is 1.06 bits per heavy atom. The largest absolute Gasteiger partial charge is 0.397 e. The normalized spacial score (nSPS) is 13.2. The van der Waals surface area contributed by atoms with Crippen LogP contribution < -0.4 is 0 Å². The third-order valence-electron chi connectivity index (χ3n) is 6.24. The van der Waals surface area contributed by atoms with Crippen LogP contribution in [0.1, 0.15) is 149 Å². The van der Waals surface area contributed by atoms with E-state index in [0.29, 0.717) is 0 Å². The van der Waals surface area contributed by atoms with E-state index in [1.165, 1.54) is 116 Å². The van der Waals surface area contributed by atoms with Crippen LogP contribution in [0.5, 0.6) is 0 Å². The van der Waals surface area contributed by atoms with Crippen LogP contribution in [0.25, 0.3) is 0 Å². The molecular formula is C27H54O4S. The minimum Gasteiger partial charge on any atom is -0.264 e. The first-order valence-electron chi connectivity index (χ1n) is 13.8. The molecule has 1 unspecified atom stereocenters. The van der Waals surface area contributed by atoms with E-state index in [1.54, 1.807) is 0 Å². The van der Waals surface area contributed by atoms with Gasteiger partial charge in [-0.3, -0.25) is 4.55 Å². The molecule has 0 saturated carbocycles. The molecule has 1 N–H and O–H groups in total. The Bertz CT molecular complexity index is 502. The van der Waals surface area contributed by atoms with E-state index in [1.807, 2.05) is 0 Å². The fraction of sp³-hybridized carbons (Fsp3) is 0.926. The van der Waals surface area contributed by atoms with Gasteiger partial charge in [-0.15, -0.1) is 0 Å². The molecule has 0 rings (SSSR count). The van der Waals surface area contributed by atoms with E-state index in [2.05, 4.69) is 30.2 Å². The molecule has 0 bridgehead atoms. The summed E-state index contributed by atoms with van der Waals surface area (Å²) < 4.78 is 35.5. The van der Waals surface area contributed by atoms with Gasteiger partial charge in [-0.1, -0.05) is 142 Å². The van der Waals surface area contributed by atoms with Crippen molar-refractivity contribution in [3.63, 3.8) is 0 Å². The van der Waals surface area contributed by atoms with E-state index in [9.17, 15) is 8.42 Å². The second-order valence-corrected chi connectivity index (χ2v) is 10.6. The molecule has 0 aliphatic carbocycles. The fourth-order valence-corrected chi connectivity index (χ4v) is 4.51. The molecule has 192 valence electrons. The highest BCUT2D eigenvalue weighted by Gasteiger charge is 2.11. The molecule has 0 aliphatic heterocycles. The molecule has 0 heterocycles. The van der Waals surface area contributed by atoms with Crippen molar-refractivity contribution in [2.24, 2.45) is 5.92 Å². The average Bonchev–Trinajstić information content (AvgIpc) is 2.75. The van der Waals surface area contributed by atoms with Gasteiger partial charge in [0, 0.05) is 5.92 Å². The van der Waals surface area contributed by atoms with Crippen molar-refractivity contribution < 1.29 is 17.2 Å². The minimum absolute atomic E-state index is 0.0462. The van der Waals surface area contributed by atoms with Gasteiger partial charge in [0.15, 0.2) is 0 Å². The molecule has 0 fully saturated rings. The van der Waals surface area contributed by atoms with Gasteiger partial charge in [-0.05, 0) is 19.3 Å². The highest BCUT2D eigenvalue weighted by atomic mass is 32.3. The minimum atomic E-state index is -4.36. The summed E-state index contributed by atoms with van der Waals surface area (Å²) in [4.78, 5) is 0. The van der Waals surface area contributed by atoms with Gasteiger partial charge in [-0.25, -0.2) is 4.18 Å². The summed E-state index contributed by atoms with van der Waals surface area (Å²) in [5, 5.41) is 0. The predicted octanol–water partition coefficient (Wildman–Crippen LogP) is 9.21. The zero-order valence-corrected chi connectivity index (χ0v) is 22.2. The molecule has 0 aromatic heterocycles. The number of unbranched alkanes of at least 4 members (excludes halogenated alkanes) is 18. The Morgan fingerprint density at radius 3 is 1.50 bits per heavy atom. The maximum atomic E-state index is 10.9. The first-order chi connectivity index (χ1) is 15.5. The zero-order valence-electron chi connectivity index (χ0n) is 21.4. The fourth-order valence-electron chi connectivity index (χ4n) is 4.16. The first kappa shape index (κ1) is 31.6. The first-order valence-corrected chi connectivity index (χ1v) is 15.1. The average molecular weight is 475 g/mol. The summed E-state index contributed by atoms with van der Waals surface area (Å²) in [6, 6.07) is 0. The van der Waals surface area contributed by atoms with Crippen molar-refractivity contribution in [3.8, 4) is 0 Å². The maximum Gasteiger partial charge on any atom is 0.397 e. The summed E-state index contributed by atoms with van der Waals surface area (Å²) in [7, 11) is -4.36. The van der Waals surface area contributed by atoms with Gasteiger partial charge in [0.2, 0.25) is 0 Å². The summed E-state index contributed by atoms with van der Waals surface area (Å²) in [6.07, 6.45) is 31.0. The lowest BCUT2D eigenvalue weighted by Gasteiger charge is -2.12. The molecule has 0 spiro atoms. The smallest absolute Gasteiger partial charge is 0.264 e. The SMILES string of the molecule is CCCCCCCCCC/C=C/C(CCCCCCCCCCCCC)COS(=O)(=O)O. The number of rotatable bonds is 25. The lowest BCUT2D eigenvalue weighted by Crippen LogP contribution is -2.12. The molecular weight excluding hydrogens is 420 g/mol. The van der Waals surface area contributed by atoms with Crippen molar-refractivity contribution in [2.45, 2.75) is 149 Å². The Labute approximate surface area is 200 Å². The molecule has 0 aromatic carbocycles. The van der Waals surface area contributed by atoms with E-state index in [-0.39, 0.29) is 12.5 Å². The molecule has 32 heavy (non-hydrogen) atoms. The Hall–Kier alpha value is -0.390. The molecule has 0 radical (unpaired) electrons. The second-order valence-electron chi connectivity index (χ2n) is 9.49. The van der Waals surface area contributed by atoms with Crippen LogP contribution in [0.4, 0.5) is 0 Å². The predicted molar refractivity (Wildman–Crippen MR) is 138 cm³/mol. The second kappa shape index (κ2) is 23.8. The van der Waals surface area contributed by atoms with Crippen molar-refractivity contribution in [1.82, 2.24) is 0 Å². The van der Waals surface area contributed by atoms with Gasteiger partial charge in [0.05, 0.1) is 6.61 Å². The molecule has 0 aliphatic rings.